The number of phenols is 1. The summed E-state index contributed by atoms with van der Waals surface area (Å²) in [5.74, 6) is -0.298. The maximum absolute atomic E-state index is 12.2. The molecule has 0 aliphatic carbocycles. The zero-order valence-corrected chi connectivity index (χ0v) is 17.2. The van der Waals surface area contributed by atoms with Crippen LogP contribution in [0.5, 0.6) is 11.5 Å². The lowest BCUT2D eigenvalue weighted by molar-refractivity contribution is 0.0952. The quantitative estimate of drug-likeness (QED) is 0.375. The normalized spacial score (nSPS) is 10.9. The predicted octanol–water partition coefficient (Wildman–Crippen LogP) is 5.70. The summed E-state index contributed by atoms with van der Waals surface area (Å²) in [6.07, 6.45) is 1.40. The molecule has 3 rings (SSSR count). The highest BCUT2D eigenvalue weighted by Crippen LogP contribution is 2.24. The SMILES string of the molecule is O=C(N/N=C/c1cc(Cl)ccc1OCc1ccccc1Cl)c1cc(Cl)ccc1O. The summed E-state index contributed by atoms with van der Waals surface area (Å²) < 4.78 is 5.83. The van der Waals surface area contributed by atoms with Crippen LogP contribution < -0.4 is 10.2 Å². The van der Waals surface area contributed by atoms with Crippen molar-refractivity contribution in [3.05, 3.63) is 92.4 Å². The van der Waals surface area contributed by atoms with Gasteiger partial charge in [-0.3, -0.25) is 4.79 Å². The van der Waals surface area contributed by atoms with Crippen molar-refractivity contribution < 1.29 is 14.6 Å². The second kappa shape index (κ2) is 9.65. The summed E-state index contributed by atoms with van der Waals surface area (Å²) in [7, 11) is 0. The van der Waals surface area contributed by atoms with E-state index < -0.39 is 5.91 Å². The summed E-state index contributed by atoms with van der Waals surface area (Å²) in [5, 5.41) is 15.1. The molecule has 29 heavy (non-hydrogen) atoms. The van der Waals surface area contributed by atoms with E-state index in [1.807, 2.05) is 18.2 Å². The van der Waals surface area contributed by atoms with E-state index >= 15 is 0 Å². The molecule has 0 saturated heterocycles. The van der Waals surface area contributed by atoms with E-state index in [1.54, 1.807) is 24.3 Å². The molecule has 0 heterocycles. The Bertz CT molecular complexity index is 1070. The molecule has 3 aromatic rings. The van der Waals surface area contributed by atoms with Crippen molar-refractivity contribution in [1.29, 1.82) is 0 Å². The van der Waals surface area contributed by atoms with Gasteiger partial charge in [-0.1, -0.05) is 53.0 Å². The molecule has 0 bridgehead atoms. The Balaban J connectivity index is 1.73. The number of hydrazone groups is 1. The number of hydrogen-bond donors (Lipinski definition) is 2. The fraction of sp³-hybridized carbons (Fsp3) is 0.0476. The fourth-order valence-corrected chi connectivity index (χ4v) is 2.98. The van der Waals surface area contributed by atoms with E-state index in [1.165, 1.54) is 24.4 Å². The summed E-state index contributed by atoms with van der Waals surface area (Å²) in [5.41, 5.74) is 3.73. The van der Waals surface area contributed by atoms with Gasteiger partial charge in [0.1, 0.15) is 18.1 Å². The number of nitrogens with zero attached hydrogens (tertiary/aromatic N) is 1. The number of phenolic OH excluding ortho intramolecular Hbond substituents is 1. The summed E-state index contributed by atoms with van der Waals surface area (Å²) >= 11 is 18.1. The van der Waals surface area contributed by atoms with Crippen LogP contribution in [0.15, 0.2) is 65.8 Å². The van der Waals surface area contributed by atoms with E-state index in [4.69, 9.17) is 39.5 Å². The lowest BCUT2D eigenvalue weighted by Crippen LogP contribution is -2.17. The number of aromatic hydroxyl groups is 1. The number of hydrogen-bond acceptors (Lipinski definition) is 4. The average Bonchev–Trinajstić information content (AvgIpc) is 2.70. The largest absolute Gasteiger partial charge is 0.507 e. The van der Waals surface area contributed by atoms with E-state index in [0.717, 1.165) is 5.56 Å². The maximum Gasteiger partial charge on any atom is 0.275 e. The van der Waals surface area contributed by atoms with E-state index in [-0.39, 0.29) is 17.9 Å². The van der Waals surface area contributed by atoms with E-state index in [9.17, 15) is 9.90 Å². The van der Waals surface area contributed by atoms with Gasteiger partial charge in [0.25, 0.3) is 5.91 Å². The molecule has 0 spiro atoms. The van der Waals surface area contributed by atoms with Gasteiger partial charge in [-0.15, -0.1) is 0 Å². The van der Waals surface area contributed by atoms with Gasteiger partial charge in [0.2, 0.25) is 0 Å². The van der Waals surface area contributed by atoms with Crippen LogP contribution in [0.4, 0.5) is 0 Å². The van der Waals surface area contributed by atoms with Gasteiger partial charge in [-0.05, 0) is 42.5 Å². The first-order chi connectivity index (χ1) is 13.9. The molecule has 5 nitrogen and oxygen atoms in total. The van der Waals surface area contributed by atoms with Crippen LogP contribution in [0.1, 0.15) is 21.5 Å². The lowest BCUT2D eigenvalue weighted by atomic mass is 10.2. The molecule has 0 fully saturated rings. The van der Waals surface area contributed by atoms with E-state index in [2.05, 4.69) is 10.5 Å². The molecule has 2 N–H and O–H groups in total. The molecule has 1 amide bonds. The first-order valence-corrected chi connectivity index (χ1v) is 9.55. The Morgan fingerprint density at radius 3 is 2.55 bits per heavy atom. The molecule has 0 unspecified atom stereocenters. The average molecular weight is 450 g/mol. The lowest BCUT2D eigenvalue weighted by Gasteiger charge is -2.10. The Morgan fingerprint density at radius 2 is 1.76 bits per heavy atom. The van der Waals surface area contributed by atoms with Crippen LogP contribution in [0.3, 0.4) is 0 Å². The molecule has 0 aliphatic heterocycles. The Kier molecular flexibility index (Phi) is 6.99. The monoisotopic (exact) mass is 448 g/mol. The number of benzene rings is 3. The number of nitrogens with one attached hydrogen (secondary N) is 1. The highest BCUT2D eigenvalue weighted by atomic mass is 35.5. The van der Waals surface area contributed by atoms with E-state index in [0.29, 0.717) is 26.4 Å². The van der Waals surface area contributed by atoms with Gasteiger partial charge >= 0.3 is 0 Å². The highest BCUT2D eigenvalue weighted by Gasteiger charge is 2.11. The van der Waals surface area contributed by atoms with Gasteiger partial charge in [-0.25, -0.2) is 5.43 Å². The number of rotatable bonds is 6. The third kappa shape index (κ3) is 5.64. The summed E-state index contributed by atoms with van der Waals surface area (Å²) in [4.78, 5) is 12.2. The molecule has 148 valence electrons. The smallest absolute Gasteiger partial charge is 0.275 e. The third-order valence-corrected chi connectivity index (χ3v) is 4.72. The van der Waals surface area contributed by atoms with Crippen LogP contribution in [0.2, 0.25) is 15.1 Å². The number of amides is 1. The number of carbonyl (C=O) groups excluding carboxylic acids is 1. The first-order valence-electron chi connectivity index (χ1n) is 8.41. The first kappa shape index (κ1) is 21.0. The van der Waals surface area contributed by atoms with Crippen LogP contribution in [0, 0.1) is 0 Å². The van der Waals surface area contributed by atoms with Gasteiger partial charge in [0, 0.05) is 26.2 Å². The van der Waals surface area contributed by atoms with Gasteiger partial charge in [-0.2, -0.15) is 5.10 Å². The van der Waals surface area contributed by atoms with Gasteiger partial charge in [0.05, 0.1) is 11.8 Å². The minimum Gasteiger partial charge on any atom is -0.507 e. The Labute approximate surface area is 182 Å². The van der Waals surface area contributed by atoms with Crippen molar-refractivity contribution in [3.63, 3.8) is 0 Å². The molecule has 0 saturated carbocycles. The van der Waals surface area contributed by atoms with Gasteiger partial charge in [0.15, 0.2) is 0 Å². The second-order valence-corrected chi connectivity index (χ2v) is 7.20. The summed E-state index contributed by atoms with van der Waals surface area (Å²) in [6, 6.07) is 16.5. The third-order valence-electron chi connectivity index (χ3n) is 3.89. The number of carbonyl (C=O) groups is 1. The number of halogens is 3. The van der Waals surface area contributed by atoms with Crippen LogP contribution in [-0.4, -0.2) is 17.2 Å². The topological polar surface area (TPSA) is 70.9 Å². The second-order valence-electron chi connectivity index (χ2n) is 5.92. The van der Waals surface area contributed by atoms with Crippen LogP contribution >= 0.6 is 34.8 Å². The molecule has 0 aromatic heterocycles. The molecular weight excluding hydrogens is 435 g/mol. The van der Waals surface area contributed by atoms with Crippen molar-refractivity contribution in [2.75, 3.05) is 0 Å². The molecule has 0 radical (unpaired) electrons. The Morgan fingerprint density at radius 1 is 1.03 bits per heavy atom. The van der Waals surface area contributed by atoms with Gasteiger partial charge < -0.3 is 9.84 Å². The van der Waals surface area contributed by atoms with Crippen molar-refractivity contribution >= 4 is 46.9 Å². The molecule has 8 heteroatoms. The van der Waals surface area contributed by atoms with Crippen LogP contribution in [-0.2, 0) is 6.61 Å². The van der Waals surface area contributed by atoms with Crippen molar-refractivity contribution in [2.24, 2.45) is 5.10 Å². The molecule has 3 aromatic carbocycles. The minimum atomic E-state index is -0.609. The van der Waals surface area contributed by atoms with Crippen molar-refractivity contribution in [3.8, 4) is 11.5 Å². The Hall–Kier alpha value is -2.73. The predicted molar refractivity (Wildman–Crippen MR) is 115 cm³/mol. The number of ether oxygens (including phenoxy) is 1. The van der Waals surface area contributed by atoms with Crippen molar-refractivity contribution in [1.82, 2.24) is 5.43 Å². The zero-order valence-electron chi connectivity index (χ0n) is 14.9. The summed E-state index contributed by atoms with van der Waals surface area (Å²) in [6.45, 7) is 0.255. The molecule has 0 aliphatic rings. The van der Waals surface area contributed by atoms with Crippen LogP contribution in [0.25, 0.3) is 0 Å². The molecular formula is C21H15Cl3N2O3. The standard InChI is InChI=1S/C21H15Cl3N2O3/c22-15-6-8-20(29-12-13-3-1-2-4-18(13)24)14(9-15)11-25-26-21(28)17-10-16(23)5-7-19(17)27/h1-11,27H,12H2,(H,26,28)/b25-11+. The molecule has 0 atom stereocenters. The maximum atomic E-state index is 12.2. The highest BCUT2D eigenvalue weighted by molar-refractivity contribution is 6.31. The van der Waals surface area contributed by atoms with Crippen molar-refractivity contribution in [2.45, 2.75) is 6.61 Å². The minimum absolute atomic E-state index is 0.0101. The zero-order chi connectivity index (χ0) is 20.8. The fourth-order valence-electron chi connectivity index (χ4n) is 2.43.